The summed E-state index contributed by atoms with van der Waals surface area (Å²) in [6.07, 6.45) is 1.59. The Hall–Kier alpha value is -1.63. The van der Waals surface area contributed by atoms with Gasteiger partial charge < -0.3 is 10.0 Å². The van der Waals surface area contributed by atoms with Gasteiger partial charge in [0.25, 0.3) is 0 Å². The van der Waals surface area contributed by atoms with E-state index in [1.54, 1.807) is 11.7 Å². The standard InChI is InChI=1S/C14H22N4O3/c1-8(2)12-13(18(20)21)14(16(3)15-12)17-6-9-4-5-11(19)10(9)7-17/h8-11,19H,4-7H2,1-3H3. The number of hydrogen-bond donors (Lipinski definition) is 1. The van der Waals surface area contributed by atoms with Crippen molar-refractivity contribution in [2.24, 2.45) is 18.9 Å². The van der Waals surface area contributed by atoms with Crippen LogP contribution in [-0.2, 0) is 7.05 Å². The molecule has 2 aliphatic rings. The smallest absolute Gasteiger partial charge is 0.334 e. The van der Waals surface area contributed by atoms with Gasteiger partial charge in [-0.05, 0) is 18.8 Å². The van der Waals surface area contributed by atoms with Gasteiger partial charge >= 0.3 is 5.69 Å². The van der Waals surface area contributed by atoms with Crippen LogP contribution in [0.1, 0.15) is 38.3 Å². The molecule has 1 aliphatic heterocycles. The minimum atomic E-state index is -0.317. The summed E-state index contributed by atoms with van der Waals surface area (Å²) in [5.41, 5.74) is 0.664. The molecule has 1 saturated heterocycles. The van der Waals surface area contributed by atoms with Crippen molar-refractivity contribution in [3.63, 3.8) is 0 Å². The van der Waals surface area contributed by atoms with Crippen molar-refractivity contribution < 1.29 is 10.0 Å². The first-order chi connectivity index (χ1) is 9.90. The summed E-state index contributed by atoms with van der Waals surface area (Å²) in [6, 6.07) is 0. The summed E-state index contributed by atoms with van der Waals surface area (Å²) in [7, 11) is 1.76. The maximum Gasteiger partial charge on any atom is 0.334 e. The largest absolute Gasteiger partial charge is 0.393 e. The zero-order valence-corrected chi connectivity index (χ0v) is 12.7. The number of aliphatic hydroxyl groups excluding tert-OH is 1. The molecule has 1 saturated carbocycles. The second kappa shape index (κ2) is 4.98. The van der Waals surface area contributed by atoms with Crippen LogP contribution in [0.15, 0.2) is 0 Å². The fourth-order valence-corrected chi connectivity index (χ4v) is 3.85. The molecule has 3 unspecified atom stereocenters. The van der Waals surface area contributed by atoms with Crippen LogP contribution < -0.4 is 4.90 Å². The molecule has 0 radical (unpaired) electrons. The highest BCUT2D eigenvalue weighted by atomic mass is 16.6. The number of fused-ring (bicyclic) bond motifs is 1. The van der Waals surface area contributed by atoms with Crippen LogP contribution in [-0.4, -0.2) is 39.0 Å². The molecule has 0 bridgehead atoms. The number of rotatable bonds is 3. The SMILES string of the molecule is CC(C)c1nn(C)c(N2CC3CCC(O)C3C2)c1[N+](=O)[O-]. The Morgan fingerprint density at radius 2 is 2.10 bits per heavy atom. The van der Waals surface area contributed by atoms with E-state index in [9.17, 15) is 15.2 Å². The van der Waals surface area contributed by atoms with E-state index in [2.05, 4.69) is 5.10 Å². The molecule has 2 heterocycles. The second-order valence-corrected chi connectivity index (χ2v) is 6.57. The Balaban J connectivity index is 1.98. The van der Waals surface area contributed by atoms with Gasteiger partial charge in [-0.25, -0.2) is 4.68 Å². The first-order valence-corrected chi connectivity index (χ1v) is 7.54. The molecule has 0 aromatic carbocycles. The van der Waals surface area contributed by atoms with Crippen molar-refractivity contribution in [1.29, 1.82) is 0 Å². The Morgan fingerprint density at radius 3 is 2.67 bits per heavy atom. The average molecular weight is 294 g/mol. The Morgan fingerprint density at radius 1 is 1.38 bits per heavy atom. The number of nitrogens with zero attached hydrogens (tertiary/aromatic N) is 4. The van der Waals surface area contributed by atoms with Gasteiger partial charge in [-0.15, -0.1) is 0 Å². The normalized spacial score (nSPS) is 28.4. The van der Waals surface area contributed by atoms with Gasteiger partial charge in [-0.1, -0.05) is 13.8 Å². The van der Waals surface area contributed by atoms with Crippen LogP contribution in [0.4, 0.5) is 11.5 Å². The van der Waals surface area contributed by atoms with Crippen LogP contribution in [0.3, 0.4) is 0 Å². The third kappa shape index (κ3) is 2.19. The number of aliphatic hydroxyl groups is 1. The Kier molecular flexibility index (Phi) is 3.39. The molecule has 0 spiro atoms. The minimum absolute atomic E-state index is 0.0121. The predicted octanol–water partition coefficient (Wildman–Crippen LogP) is 1.66. The van der Waals surface area contributed by atoms with Crippen LogP contribution in [0, 0.1) is 22.0 Å². The molecule has 0 amide bonds. The van der Waals surface area contributed by atoms with Crippen molar-refractivity contribution in [1.82, 2.24) is 9.78 Å². The van der Waals surface area contributed by atoms with Gasteiger partial charge in [0, 0.05) is 32.0 Å². The first-order valence-electron chi connectivity index (χ1n) is 7.54. The summed E-state index contributed by atoms with van der Waals surface area (Å²) in [5.74, 6) is 1.28. The molecular formula is C14H22N4O3. The van der Waals surface area contributed by atoms with Crippen LogP contribution in [0.25, 0.3) is 0 Å². The van der Waals surface area contributed by atoms with E-state index < -0.39 is 0 Å². The van der Waals surface area contributed by atoms with Crippen LogP contribution in [0.5, 0.6) is 0 Å². The molecule has 1 N–H and O–H groups in total. The minimum Gasteiger partial charge on any atom is -0.393 e. The van der Waals surface area contributed by atoms with Gasteiger partial charge in [-0.3, -0.25) is 10.1 Å². The van der Waals surface area contributed by atoms with E-state index >= 15 is 0 Å². The maximum atomic E-state index is 11.5. The van der Waals surface area contributed by atoms with Crippen molar-refractivity contribution in [3.8, 4) is 0 Å². The molecule has 116 valence electrons. The average Bonchev–Trinajstić information content (AvgIpc) is 3.03. The van der Waals surface area contributed by atoms with Crippen molar-refractivity contribution in [2.45, 2.75) is 38.7 Å². The fraction of sp³-hybridized carbons (Fsp3) is 0.786. The van der Waals surface area contributed by atoms with Crippen molar-refractivity contribution in [3.05, 3.63) is 15.8 Å². The molecule has 1 aliphatic carbocycles. The molecule has 7 nitrogen and oxygen atoms in total. The topological polar surface area (TPSA) is 84.4 Å². The number of anilines is 1. The second-order valence-electron chi connectivity index (χ2n) is 6.57. The molecule has 1 aromatic heterocycles. The molecule has 3 rings (SSSR count). The maximum absolute atomic E-state index is 11.5. The number of aromatic nitrogens is 2. The third-order valence-corrected chi connectivity index (χ3v) is 4.87. The number of nitro groups is 1. The number of aryl methyl sites for hydroxylation is 1. The molecule has 2 fully saturated rings. The summed E-state index contributed by atoms with van der Waals surface area (Å²) >= 11 is 0. The van der Waals surface area contributed by atoms with E-state index in [0.29, 0.717) is 24.0 Å². The lowest BCUT2D eigenvalue weighted by molar-refractivity contribution is -0.385. The number of hydrogen-bond acceptors (Lipinski definition) is 5. The zero-order valence-electron chi connectivity index (χ0n) is 12.7. The van der Waals surface area contributed by atoms with Crippen molar-refractivity contribution >= 4 is 11.5 Å². The Bertz CT molecular complexity index is 569. The fourth-order valence-electron chi connectivity index (χ4n) is 3.85. The first kappa shape index (κ1) is 14.3. The molecule has 7 heteroatoms. The summed E-state index contributed by atoms with van der Waals surface area (Å²) < 4.78 is 1.63. The molecule has 3 atom stereocenters. The summed E-state index contributed by atoms with van der Waals surface area (Å²) in [5, 5.41) is 25.9. The van der Waals surface area contributed by atoms with E-state index in [0.717, 1.165) is 19.4 Å². The Labute approximate surface area is 123 Å². The lowest BCUT2D eigenvalue weighted by Gasteiger charge is -2.19. The molecule has 21 heavy (non-hydrogen) atoms. The van der Waals surface area contributed by atoms with E-state index in [1.165, 1.54) is 0 Å². The lowest BCUT2D eigenvalue weighted by atomic mass is 10.00. The van der Waals surface area contributed by atoms with E-state index in [-0.39, 0.29) is 28.6 Å². The monoisotopic (exact) mass is 294 g/mol. The van der Waals surface area contributed by atoms with Gasteiger partial charge in [-0.2, -0.15) is 5.10 Å². The van der Waals surface area contributed by atoms with Crippen LogP contribution >= 0.6 is 0 Å². The van der Waals surface area contributed by atoms with E-state index in [4.69, 9.17) is 0 Å². The zero-order chi connectivity index (χ0) is 15.3. The quantitative estimate of drug-likeness (QED) is 0.677. The lowest BCUT2D eigenvalue weighted by Crippen LogP contribution is -2.26. The third-order valence-electron chi connectivity index (χ3n) is 4.87. The molecule has 1 aromatic rings. The highest BCUT2D eigenvalue weighted by molar-refractivity contribution is 5.63. The van der Waals surface area contributed by atoms with Gasteiger partial charge in [0.2, 0.25) is 5.82 Å². The highest BCUT2D eigenvalue weighted by Gasteiger charge is 2.45. The van der Waals surface area contributed by atoms with Crippen LogP contribution in [0.2, 0.25) is 0 Å². The van der Waals surface area contributed by atoms with Gasteiger partial charge in [0.05, 0.1) is 11.0 Å². The predicted molar refractivity (Wildman–Crippen MR) is 78.4 cm³/mol. The highest BCUT2D eigenvalue weighted by Crippen LogP contribution is 2.43. The van der Waals surface area contributed by atoms with Gasteiger partial charge in [0.1, 0.15) is 5.69 Å². The van der Waals surface area contributed by atoms with Crippen molar-refractivity contribution in [2.75, 3.05) is 18.0 Å². The van der Waals surface area contributed by atoms with E-state index in [1.807, 2.05) is 18.7 Å². The molecular weight excluding hydrogens is 272 g/mol. The summed E-state index contributed by atoms with van der Waals surface area (Å²) in [6.45, 7) is 5.30. The van der Waals surface area contributed by atoms with Gasteiger partial charge in [0.15, 0.2) is 0 Å². The summed E-state index contributed by atoms with van der Waals surface area (Å²) in [4.78, 5) is 13.2.